The third kappa shape index (κ3) is 3.45. The maximum atomic E-state index is 12.3. The van der Waals surface area contributed by atoms with Gasteiger partial charge in [-0.2, -0.15) is 0 Å². The van der Waals surface area contributed by atoms with E-state index in [9.17, 15) is 4.79 Å². The fraction of sp³-hybridized carbons (Fsp3) is 0.0714. The van der Waals surface area contributed by atoms with Crippen LogP contribution in [0.1, 0.15) is 10.4 Å². The lowest BCUT2D eigenvalue weighted by atomic mass is 10.2. The number of anilines is 1. The summed E-state index contributed by atoms with van der Waals surface area (Å²) in [6, 6.07) is 10.0. The molecule has 0 spiro atoms. The second kappa shape index (κ2) is 6.48. The van der Waals surface area contributed by atoms with Crippen molar-refractivity contribution in [3.63, 3.8) is 0 Å². The number of hydrogen-bond donors (Lipinski definition) is 1. The lowest BCUT2D eigenvalue weighted by Gasteiger charge is -2.11. The summed E-state index contributed by atoms with van der Waals surface area (Å²) < 4.78 is 5.95. The Labute approximate surface area is 135 Å². The molecule has 0 aliphatic carbocycles. The summed E-state index contributed by atoms with van der Waals surface area (Å²) in [6.45, 7) is 0. The van der Waals surface area contributed by atoms with E-state index in [1.165, 1.54) is 7.11 Å². The molecule has 1 N–H and O–H groups in total. The number of rotatable bonds is 3. The average molecular weight is 375 g/mol. The smallest absolute Gasteiger partial charge is 0.259 e. The number of amides is 1. The predicted molar refractivity (Wildman–Crippen MR) is 85.1 cm³/mol. The first-order valence-corrected chi connectivity index (χ1v) is 7.16. The number of hydrogen-bond acceptors (Lipinski definition) is 2. The highest BCUT2D eigenvalue weighted by Gasteiger charge is 2.14. The highest BCUT2D eigenvalue weighted by molar-refractivity contribution is 9.10. The monoisotopic (exact) mass is 373 g/mol. The molecule has 0 heterocycles. The average Bonchev–Trinajstić information content (AvgIpc) is 2.42. The van der Waals surface area contributed by atoms with Gasteiger partial charge < -0.3 is 10.1 Å². The zero-order valence-electron chi connectivity index (χ0n) is 10.4. The molecule has 0 aromatic heterocycles. The van der Waals surface area contributed by atoms with E-state index >= 15 is 0 Å². The van der Waals surface area contributed by atoms with E-state index in [0.29, 0.717) is 27.0 Å². The lowest BCUT2D eigenvalue weighted by Crippen LogP contribution is -2.13. The third-order valence-electron chi connectivity index (χ3n) is 2.58. The van der Waals surface area contributed by atoms with Gasteiger partial charge >= 0.3 is 0 Å². The number of carbonyl (C=O) groups excluding carboxylic acids is 1. The minimum absolute atomic E-state index is 0.327. The third-order valence-corrected chi connectivity index (χ3v) is 3.64. The van der Waals surface area contributed by atoms with Crippen molar-refractivity contribution in [2.75, 3.05) is 12.4 Å². The van der Waals surface area contributed by atoms with Crippen LogP contribution in [0.2, 0.25) is 10.0 Å². The summed E-state index contributed by atoms with van der Waals surface area (Å²) in [4.78, 5) is 12.3. The molecule has 0 atom stereocenters. The number of benzene rings is 2. The van der Waals surface area contributed by atoms with Crippen LogP contribution in [0.4, 0.5) is 5.69 Å². The molecule has 2 aromatic rings. The summed E-state index contributed by atoms with van der Waals surface area (Å²) in [5.74, 6) is 0.149. The van der Waals surface area contributed by atoms with Crippen molar-refractivity contribution in [2.45, 2.75) is 0 Å². The molecule has 6 heteroatoms. The van der Waals surface area contributed by atoms with Crippen LogP contribution < -0.4 is 10.1 Å². The molecule has 0 saturated carbocycles. The van der Waals surface area contributed by atoms with Crippen molar-refractivity contribution in [1.29, 1.82) is 0 Å². The van der Waals surface area contributed by atoms with Crippen molar-refractivity contribution in [2.24, 2.45) is 0 Å². The fourth-order valence-electron chi connectivity index (χ4n) is 1.64. The molecule has 1 amide bonds. The highest BCUT2D eigenvalue weighted by Crippen LogP contribution is 2.28. The van der Waals surface area contributed by atoms with Gasteiger partial charge in [-0.25, -0.2) is 0 Å². The molecule has 2 rings (SSSR count). The molecular weight excluding hydrogens is 365 g/mol. The number of ether oxygens (including phenoxy) is 1. The van der Waals surface area contributed by atoms with Crippen LogP contribution in [0.25, 0.3) is 0 Å². The summed E-state index contributed by atoms with van der Waals surface area (Å²) in [5.41, 5.74) is 0.851. The van der Waals surface area contributed by atoms with E-state index in [2.05, 4.69) is 21.2 Å². The predicted octanol–water partition coefficient (Wildman–Crippen LogP) is 5.02. The van der Waals surface area contributed by atoms with Crippen LogP contribution in [0.5, 0.6) is 5.75 Å². The van der Waals surface area contributed by atoms with E-state index in [1.807, 2.05) is 0 Å². The van der Waals surface area contributed by atoms with Crippen LogP contribution in [0.3, 0.4) is 0 Å². The number of carbonyl (C=O) groups is 1. The molecule has 0 fully saturated rings. The maximum absolute atomic E-state index is 12.3. The van der Waals surface area contributed by atoms with E-state index in [1.54, 1.807) is 36.4 Å². The van der Waals surface area contributed by atoms with Crippen molar-refractivity contribution >= 4 is 50.7 Å². The van der Waals surface area contributed by atoms with E-state index < -0.39 is 0 Å². The van der Waals surface area contributed by atoms with Gasteiger partial charge in [0.1, 0.15) is 5.75 Å². The maximum Gasteiger partial charge on any atom is 0.259 e. The first-order chi connectivity index (χ1) is 9.51. The van der Waals surface area contributed by atoms with Gasteiger partial charge in [-0.05, 0) is 36.4 Å². The van der Waals surface area contributed by atoms with Crippen LogP contribution in [-0.2, 0) is 0 Å². The van der Waals surface area contributed by atoms with E-state index in [4.69, 9.17) is 27.9 Å². The van der Waals surface area contributed by atoms with Crippen molar-refractivity contribution in [3.8, 4) is 5.75 Å². The van der Waals surface area contributed by atoms with Gasteiger partial charge in [0.15, 0.2) is 0 Å². The van der Waals surface area contributed by atoms with Crippen molar-refractivity contribution in [3.05, 3.63) is 56.5 Å². The Balaban J connectivity index is 2.32. The minimum atomic E-state index is -0.327. The van der Waals surface area contributed by atoms with E-state index in [-0.39, 0.29) is 5.91 Å². The highest BCUT2D eigenvalue weighted by atomic mass is 79.9. The normalized spacial score (nSPS) is 10.2. The molecule has 0 radical (unpaired) electrons. The second-order valence-corrected chi connectivity index (χ2v) is 5.68. The molecule has 0 unspecified atom stereocenters. The lowest BCUT2D eigenvalue weighted by molar-refractivity contribution is 0.102. The van der Waals surface area contributed by atoms with Gasteiger partial charge in [0, 0.05) is 9.50 Å². The Bertz CT molecular complexity index is 662. The first-order valence-electron chi connectivity index (χ1n) is 5.61. The quantitative estimate of drug-likeness (QED) is 0.819. The van der Waals surface area contributed by atoms with Crippen LogP contribution in [0, 0.1) is 0 Å². The molecular formula is C14H10BrCl2NO2. The standard InChI is InChI=1S/C14H10BrCl2NO2/c1-20-13-5-2-8(15)6-10(13)14(19)18-12-7-9(16)3-4-11(12)17/h2-7H,1H3,(H,18,19). The van der Waals surface area contributed by atoms with Gasteiger partial charge in [0.2, 0.25) is 0 Å². The Hall–Kier alpha value is -1.23. The Kier molecular flexibility index (Phi) is 4.91. The summed E-state index contributed by atoms with van der Waals surface area (Å²) in [5, 5.41) is 3.62. The largest absolute Gasteiger partial charge is 0.496 e. The first kappa shape index (κ1) is 15.2. The number of halogens is 3. The Morgan fingerprint density at radius 1 is 1.20 bits per heavy atom. The summed E-state index contributed by atoms with van der Waals surface area (Å²) in [6.07, 6.45) is 0. The number of methoxy groups -OCH3 is 1. The molecule has 0 aliphatic heterocycles. The zero-order chi connectivity index (χ0) is 14.7. The molecule has 0 aliphatic rings. The van der Waals surface area contributed by atoms with Crippen LogP contribution in [0.15, 0.2) is 40.9 Å². The van der Waals surface area contributed by atoms with Gasteiger partial charge in [-0.15, -0.1) is 0 Å². The van der Waals surface area contributed by atoms with Gasteiger partial charge in [-0.3, -0.25) is 4.79 Å². The Morgan fingerprint density at radius 3 is 2.65 bits per heavy atom. The second-order valence-electron chi connectivity index (χ2n) is 3.92. The van der Waals surface area contributed by atoms with E-state index in [0.717, 1.165) is 4.47 Å². The van der Waals surface area contributed by atoms with Crippen LogP contribution in [-0.4, -0.2) is 13.0 Å². The van der Waals surface area contributed by atoms with Crippen molar-refractivity contribution < 1.29 is 9.53 Å². The topological polar surface area (TPSA) is 38.3 Å². The van der Waals surface area contributed by atoms with Gasteiger partial charge in [0.05, 0.1) is 23.4 Å². The molecule has 2 aromatic carbocycles. The molecule has 20 heavy (non-hydrogen) atoms. The van der Waals surface area contributed by atoms with Crippen LogP contribution >= 0.6 is 39.1 Å². The summed E-state index contributed by atoms with van der Waals surface area (Å²) in [7, 11) is 1.51. The molecule has 104 valence electrons. The Morgan fingerprint density at radius 2 is 1.95 bits per heavy atom. The van der Waals surface area contributed by atoms with Crippen molar-refractivity contribution in [1.82, 2.24) is 0 Å². The zero-order valence-corrected chi connectivity index (χ0v) is 13.5. The van der Waals surface area contributed by atoms with Gasteiger partial charge in [-0.1, -0.05) is 39.1 Å². The molecule has 0 bridgehead atoms. The number of nitrogens with one attached hydrogen (secondary N) is 1. The minimum Gasteiger partial charge on any atom is -0.496 e. The fourth-order valence-corrected chi connectivity index (χ4v) is 2.34. The van der Waals surface area contributed by atoms with Gasteiger partial charge in [0.25, 0.3) is 5.91 Å². The molecule has 0 saturated heterocycles. The SMILES string of the molecule is COc1ccc(Br)cc1C(=O)Nc1cc(Cl)ccc1Cl. The summed E-state index contributed by atoms with van der Waals surface area (Å²) >= 11 is 15.2. The molecule has 3 nitrogen and oxygen atoms in total.